The standard InChI is InChI=1S/C26H36N2O5S/c1-4-33-15-8-14-28(24(29)18-21-11-7-16-34-21)25(26(30)27-19-9-5-6-10-19)22-17-20(31-2)12-13-23(22)32-3/h7,11-13,16-17,19,25H,4-6,8-10,14-15,18H2,1-3H3,(H,27,30)/t25-/m0/s1. The number of rotatable bonds is 13. The molecule has 1 aromatic heterocycles. The monoisotopic (exact) mass is 488 g/mol. The molecule has 0 radical (unpaired) electrons. The third-order valence-electron chi connectivity index (χ3n) is 6.11. The molecule has 0 saturated heterocycles. The quantitative estimate of drug-likeness (QED) is 0.424. The van der Waals surface area contributed by atoms with Crippen molar-refractivity contribution in [2.24, 2.45) is 0 Å². The van der Waals surface area contributed by atoms with Crippen LogP contribution >= 0.6 is 11.3 Å². The second kappa shape index (κ2) is 13.3. The number of carbonyl (C=O) groups is 2. The highest BCUT2D eigenvalue weighted by Crippen LogP contribution is 2.34. The number of nitrogens with zero attached hydrogens (tertiary/aromatic N) is 1. The molecular weight excluding hydrogens is 452 g/mol. The Hall–Kier alpha value is -2.58. The molecule has 0 aliphatic heterocycles. The second-order valence-corrected chi connectivity index (χ2v) is 9.43. The predicted octanol–water partition coefficient (Wildman–Crippen LogP) is 4.36. The van der Waals surface area contributed by atoms with Crippen molar-refractivity contribution in [1.82, 2.24) is 10.2 Å². The Kier molecular flexibility index (Phi) is 10.2. The summed E-state index contributed by atoms with van der Waals surface area (Å²) in [4.78, 5) is 30.0. The summed E-state index contributed by atoms with van der Waals surface area (Å²) in [6.45, 7) is 3.47. The first-order valence-electron chi connectivity index (χ1n) is 12.0. The molecule has 2 amide bonds. The fraction of sp³-hybridized carbons (Fsp3) is 0.538. The Morgan fingerprint density at radius 1 is 1.18 bits per heavy atom. The molecule has 7 nitrogen and oxygen atoms in total. The van der Waals surface area contributed by atoms with Gasteiger partial charge in [-0.2, -0.15) is 0 Å². The molecule has 0 bridgehead atoms. The summed E-state index contributed by atoms with van der Waals surface area (Å²) in [5.41, 5.74) is 0.619. The molecule has 1 saturated carbocycles. The number of thiophene rings is 1. The number of methoxy groups -OCH3 is 2. The number of benzene rings is 1. The van der Waals surface area contributed by atoms with Gasteiger partial charge in [0.2, 0.25) is 11.8 Å². The van der Waals surface area contributed by atoms with Gasteiger partial charge >= 0.3 is 0 Å². The molecule has 8 heteroatoms. The molecule has 2 aromatic rings. The lowest BCUT2D eigenvalue weighted by Gasteiger charge is -2.33. The van der Waals surface area contributed by atoms with Crippen LogP contribution < -0.4 is 14.8 Å². The van der Waals surface area contributed by atoms with Crippen LogP contribution in [-0.4, -0.2) is 56.7 Å². The summed E-state index contributed by atoms with van der Waals surface area (Å²) in [7, 11) is 3.16. The van der Waals surface area contributed by atoms with Crippen LogP contribution in [0.2, 0.25) is 0 Å². The van der Waals surface area contributed by atoms with Gasteiger partial charge in [0, 0.05) is 36.2 Å². The van der Waals surface area contributed by atoms with Gasteiger partial charge in [-0.1, -0.05) is 18.9 Å². The molecule has 1 aliphatic rings. The molecule has 34 heavy (non-hydrogen) atoms. The second-order valence-electron chi connectivity index (χ2n) is 8.39. The number of hydrogen-bond donors (Lipinski definition) is 1. The Morgan fingerprint density at radius 3 is 2.62 bits per heavy atom. The average molecular weight is 489 g/mol. The maximum atomic E-state index is 13.8. The highest BCUT2D eigenvalue weighted by atomic mass is 32.1. The zero-order chi connectivity index (χ0) is 24.3. The molecular formula is C26H36N2O5S. The summed E-state index contributed by atoms with van der Waals surface area (Å²) < 4.78 is 16.6. The zero-order valence-corrected chi connectivity index (χ0v) is 21.2. The molecule has 1 N–H and O–H groups in total. The van der Waals surface area contributed by atoms with Crippen LogP contribution in [0.4, 0.5) is 0 Å². The van der Waals surface area contributed by atoms with E-state index in [4.69, 9.17) is 14.2 Å². The van der Waals surface area contributed by atoms with E-state index in [1.54, 1.807) is 37.3 Å². The van der Waals surface area contributed by atoms with Gasteiger partial charge in [0.1, 0.15) is 17.5 Å². The van der Waals surface area contributed by atoms with Crippen molar-refractivity contribution in [2.45, 2.75) is 57.5 Å². The van der Waals surface area contributed by atoms with Crippen LogP contribution in [0.1, 0.15) is 55.5 Å². The lowest BCUT2D eigenvalue weighted by molar-refractivity contribution is -0.141. The molecule has 1 aliphatic carbocycles. The molecule has 186 valence electrons. The van der Waals surface area contributed by atoms with Gasteiger partial charge in [0.05, 0.1) is 20.6 Å². The van der Waals surface area contributed by atoms with E-state index < -0.39 is 6.04 Å². The minimum Gasteiger partial charge on any atom is -0.497 e. The maximum absolute atomic E-state index is 13.8. The molecule has 1 aromatic carbocycles. The van der Waals surface area contributed by atoms with Crippen molar-refractivity contribution in [2.75, 3.05) is 34.0 Å². The smallest absolute Gasteiger partial charge is 0.247 e. The molecule has 1 fully saturated rings. The molecule has 3 rings (SSSR count). The van der Waals surface area contributed by atoms with Crippen molar-refractivity contribution in [3.8, 4) is 11.5 Å². The average Bonchev–Trinajstić information content (AvgIpc) is 3.55. The van der Waals surface area contributed by atoms with E-state index in [2.05, 4.69) is 5.32 Å². The van der Waals surface area contributed by atoms with Crippen LogP contribution in [0.3, 0.4) is 0 Å². The Bertz CT molecular complexity index is 912. The van der Waals surface area contributed by atoms with E-state index >= 15 is 0 Å². The zero-order valence-electron chi connectivity index (χ0n) is 20.4. The van der Waals surface area contributed by atoms with Gasteiger partial charge in [-0.15, -0.1) is 11.3 Å². The van der Waals surface area contributed by atoms with Gasteiger partial charge in [0.25, 0.3) is 0 Å². The van der Waals surface area contributed by atoms with Gasteiger partial charge in [-0.05, 0) is 55.8 Å². The predicted molar refractivity (Wildman–Crippen MR) is 134 cm³/mol. The van der Waals surface area contributed by atoms with E-state index in [1.165, 1.54) is 11.3 Å². The first-order valence-corrected chi connectivity index (χ1v) is 12.9. The maximum Gasteiger partial charge on any atom is 0.247 e. The normalized spacial score (nSPS) is 14.6. The van der Waals surface area contributed by atoms with E-state index in [0.717, 1.165) is 30.6 Å². The highest BCUT2D eigenvalue weighted by Gasteiger charge is 2.35. The number of amides is 2. The van der Waals surface area contributed by atoms with Gasteiger partial charge < -0.3 is 24.4 Å². The third kappa shape index (κ3) is 6.96. The van der Waals surface area contributed by atoms with Crippen molar-refractivity contribution in [3.05, 3.63) is 46.2 Å². The Labute approximate surface area is 206 Å². The topological polar surface area (TPSA) is 77.1 Å². The first kappa shape index (κ1) is 26.0. The van der Waals surface area contributed by atoms with Crippen molar-refractivity contribution >= 4 is 23.2 Å². The fourth-order valence-electron chi connectivity index (χ4n) is 4.40. The van der Waals surface area contributed by atoms with E-state index in [-0.39, 0.29) is 24.3 Å². The minimum absolute atomic E-state index is 0.101. The fourth-order valence-corrected chi connectivity index (χ4v) is 5.09. The first-order chi connectivity index (χ1) is 16.6. The molecule has 0 unspecified atom stereocenters. The number of hydrogen-bond acceptors (Lipinski definition) is 6. The van der Waals surface area contributed by atoms with Crippen molar-refractivity contribution in [1.29, 1.82) is 0 Å². The summed E-state index contributed by atoms with van der Waals surface area (Å²) in [5.74, 6) is 0.866. The lowest BCUT2D eigenvalue weighted by Crippen LogP contribution is -2.47. The van der Waals surface area contributed by atoms with Gasteiger partial charge in [-0.3, -0.25) is 9.59 Å². The Morgan fingerprint density at radius 2 is 1.97 bits per heavy atom. The Balaban J connectivity index is 1.98. The van der Waals surface area contributed by atoms with Crippen LogP contribution in [0.25, 0.3) is 0 Å². The van der Waals surface area contributed by atoms with Crippen molar-refractivity contribution < 1.29 is 23.8 Å². The van der Waals surface area contributed by atoms with Crippen LogP contribution in [0, 0.1) is 0 Å². The van der Waals surface area contributed by atoms with Crippen LogP contribution in [-0.2, 0) is 20.7 Å². The lowest BCUT2D eigenvalue weighted by atomic mass is 10.0. The van der Waals surface area contributed by atoms with E-state index in [0.29, 0.717) is 43.2 Å². The van der Waals surface area contributed by atoms with Gasteiger partial charge in [-0.25, -0.2) is 0 Å². The summed E-state index contributed by atoms with van der Waals surface area (Å²) in [6.07, 6.45) is 5.00. The molecule has 1 atom stereocenters. The number of carbonyl (C=O) groups excluding carboxylic acids is 2. The summed E-state index contributed by atoms with van der Waals surface area (Å²) in [5, 5.41) is 5.16. The summed E-state index contributed by atoms with van der Waals surface area (Å²) >= 11 is 1.54. The van der Waals surface area contributed by atoms with Crippen LogP contribution in [0.15, 0.2) is 35.7 Å². The van der Waals surface area contributed by atoms with Crippen molar-refractivity contribution in [3.63, 3.8) is 0 Å². The SMILES string of the molecule is CCOCCCN(C(=O)Cc1cccs1)[C@H](C(=O)NC1CCCC1)c1cc(OC)ccc1OC. The van der Waals surface area contributed by atoms with Gasteiger partial charge in [0.15, 0.2) is 0 Å². The largest absolute Gasteiger partial charge is 0.497 e. The third-order valence-corrected chi connectivity index (χ3v) is 6.99. The van der Waals surface area contributed by atoms with E-state index in [9.17, 15) is 9.59 Å². The van der Waals surface area contributed by atoms with Crippen LogP contribution in [0.5, 0.6) is 11.5 Å². The number of ether oxygens (including phenoxy) is 3. The van der Waals surface area contributed by atoms with E-state index in [1.807, 2.05) is 24.4 Å². The highest BCUT2D eigenvalue weighted by molar-refractivity contribution is 7.10. The summed E-state index contributed by atoms with van der Waals surface area (Å²) in [6, 6.07) is 8.55. The number of nitrogens with one attached hydrogen (secondary N) is 1. The molecule has 0 spiro atoms. The molecule has 1 heterocycles. The minimum atomic E-state index is -0.834.